The van der Waals surface area contributed by atoms with Gasteiger partial charge in [0.1, 0.15) is 0 Å². The van der Waals surface area contributed by atoms with Crippen LogP contribution in [-0.2, 0) is 9.53 Å². The van der Waals surface area contributed by atoms with E-state index in [2.05, 4.69) is 20.5 Å². The predicted molar refractivity (Wildman–Crippen MR) is 67.6 cm³/mol. The number of esters is 1. The number of rotatable bonds is 5. The second kappa shape index (κ2) is 6.53. The first kappa shape index (κ1) is 13.9. The quantitative estimate of drug-likeness (QED) is 0.459. The molecule has 2 N–H and O–H groups in total. The summed E-state index contributed by atoms with van der Waals surface area (Å²) in [6, 6.07) is 1.38. The second-order valence-electron chi connectivity index (χ2n) is 3.68. The zero-order valence-corrected chi connectivity index (χ0v) is 10.6. The molecule has 1 heterocycles. The van der Waals surface area contributed by atoms with Crippen molar-refractivity contribution in [3.8, 4) is 0 Å². The van der Waals surface area contributed by atoms with Crippen molar-refractivity contribution in [3.05, 3.63) is 22.1 Å². The van der Waals surface area contributed by atoms with Crippen molar-refractivity contribution in [2.24, 2.45) is 5.10 Å². The minimum absolute atomic E-state index is 0.0941. The van der Waals surface area contributed by atoms with Crippen molar-refractivity contribution in [3.63, 3.8) is 0 Å². The molecule has 0 fully saturated rings. The number of aryl methyl sites for hydroxylation is 1. The van der Waals surface area contributed by atoms with Crippen LogP contribution in [0.2, 0.25) is 0 Å². The van der Waals surface area contributed by atoms with Crippen LogP contribution in [0.15, 0.2) is 16.0 Å². The summed E-state index contributed by atoms with van der Waals surface area (Å²) in [4.78, 5) is 28.8. The Morgan fingerprint density at radius 2 is 2.33 bits per heavy atom. The van der Waals surface area contributed by atoms with Crippen LogP contribution in [0.5, 0.6) is 0 Å². The highest BCUT2D eigenvalue weighted by atomic mass is 16.5. The second-order valence-corrected chi connectivity index (χ2v) is 3.68. The average Bonchev–Trinajstić information content (AvgIpc) is 2.25. The summed E-state index contributed by atoms with van der Waals surface area (Å²) in [5.41, 5.74) is 3.45. The molecule has 0 aliphatic carbocycles. The van der Waals surface area contributed by atoms with E-state index in [1.165, 1.54) is 6.07 Å². The number of aromatic nitrogens is 2. The summed E-state index contributed by atoms with van der Waals surface area (Å²) in [5.74, 6) is -0.102. The normalized spacial score (nSPS) is 11.2. The van der Waals surface area contributed by atoms with Gasteiger partial charge in [-0.05, 0) is 20.8 Å². The molecule has 0 bridgehead atoms. The molecule has 7 nitrogen and oxygen atoms in total. The number of carbonyl (C=O) groups excluding carboxylic acids is 1. The number of nitrogens with zero attached hydrogens (tertiary/aromatic N) is 2. The fourth-order valence-electron chi connectivity index (χ4n) is 1.24. The standard InChI is InChI=1S/C11H16N4O3/c1-4-18-10(17)6-8(3)14-15-11-12-7(2)5-9(16)13-11/h5H,4,6H2,1-3H3,(H2,12,13,15,16)/b14-8+. The maximum atomic E-state index is 11.2. The van der Waals surface area contributed by atoms with E-state index in [4.69, 9.17) is 4.74 Å². The van der Waals surface area contributed by atoms with E-state index in [1.54, 1.807) is 20.8 Å². The van der Waals surface area contributed by atoms with Gasteiger partial charge in [0.2, 0.25) is 5.95 Å². The summed E-state index contributed by atoms with van der Waals surface area (Å²) in [7, 11) is 0. The van der Waals surface area contributed by atoms with Crippen LogP contribution < -0.4 is 11.0 Å². The van der Waals surface area contributed by atoms with Crippen molar-refractivity contribution in [2.45, 2.75) is 27.2 Å². The Morgan fingerprint density at radius 1 is 1.61 bits per heavy atom. The zero-order valence-electron chi connectivity index (χ0n) is 10.6. The van der Waals surface area contributed by atoms with E-state index in [0.717, 1.165) is 0 Å². The molecule has 98 valence electrons. The predicted octanol–water partition coefficient (Wildman–Crippen LogP) is 0.819. The molecule has 0 aliphatic heterocycles. The molecule has 0 spiro atoms. The molecule has 0 radical (unpaired) electrons. The number of hydrazone groups is 1. The molecule has 1 aromatic rings. The minimum Gasteiger partial charge on any atom is -0.466 e. The number of aromatic amines is 1. The lowest BCUT2D eigenvalue weighted by Crippen LogP contribution is -2.13. The van der Waals surface area contributed by atoms with Crippen LogP contribution >= 0.6 is 0 Å². The average molecular weight is 252 g/mol. The van der Waals surface area contributed by atoms with Gasteiger partial charge in [0.25, 0.3) is 5.56 Å². The van der Waals surface area contributed by atoms with Crippen LogP contribution in [-0.4, -0.2) is 28.3 Å². The Hall–Kier alpha value is -2.18. The maximum Gasteiger partial charge on any atom is 0.311 e. The molecular formula is C11H16N4O3. The van der Waals surface area contributed by atoms with Gasteiger partial charge < -0.3 is 4.74 Å². The van der Waals surface area contributed by atoms with Crippen LogP contribution in [0.3, 0.4) is 0 Å². The van der Waals surface area contributed by atoms with E-state index < -0.39 is 0 Å². The molecule has 0 amide bonds. The maximum absolute atomic E-state index is 11.2. The minimum atomic E-state index is -0.341. The molecule has 18 heavy (non-hydrogen) atoms. The topological polar surface area (TPSA) is 96.4 Å². The van der Waals surface area contributed by atoms with Crippen molar-refractivity contribution in [2.75, 3.05) is 12.0 Å². The summed E-state index contributed by atoms with van der Waals surface area (Å²) >= 11 is 0. The SMILES string of the molecule is CCOC(=O)C/C(C)=N/Nc1nc(C)cc(=O)[nH]1. The Kier molecular flexibility index (Phi) is 5.04. The molecule has 7 heteroatoms. The third-order valence-electron chi connectivity index (χ3n) is 1.93. The van der Waals surface area contributed by atoms with Crippen LogP contribution in [0.25, 0.3) is 0 Å². The summed E-state index contributed by atoms with van der Waals surface area (Å²) in [6.07, 6.45) is 0.0941. The van der Waals surface area contributed by atoms with Gasteiger partial charge in [0.05, 0.1) is 13.0 Å². The van der Waals surface area contributed by atoms with Gasteiger partial charge in [-0.1, -0.05) is 0 Å². The molecule has 0 atom stereocenters. The Balaban J connectivity index is 2.62. The highest BCUT2D eigenvalue weighted by Gasteiger charge is 2.04. The first-order valence-electron chi connectivity index (χ1n) is 5.54. The van der Waals surface area contributed by atoms with Crippen molar-refractivity contribution >= 4 is 17.6 Å². The Labute approximate surface area is 104 Å². The number of hydrogen-bond acceptors (Lipinski definition) is 6. The summed E-state index contributed by atoms with van der Waals surface area (Å²) < 4.78 is 4.78. The third kappa shape index (κ3) is 4.77. The molecule has 1 rings (SSSR count). The van der Waals surface area contributed by atoms with Gasteiger partial charge in [-0.3, -0.25) is 14.6 Å². The number of nitrogens with one attached hydrogen (secondary N) is 2. The number of carbonyl (C=O) groups is 1. The largest absolute Gasteiger partial charge is 0.466 e. The lowest BCUT2D eigenvalue weighted by atomic mass is 10.3. The number of anilines is 1. The number of hydrogen-bond donors (Lipinski definition) is 2. The van der Waals surface area contributed by atoms with Crippen LogP contribution in [0, 0.1) is 6.92 Å². The van der Waals surface area contributed by atoms with E-state index in [1.807, 2.05) is 0 Å². The highest BCUT2D eigenvalue weighted by Crippen LogP contribution is 1.97. The molecule has 0 saturated heterocycles. The van der Waals surface area contributed by atoms with Gasteiger partial charge in [0, 0.05) is 17.5 Å². The first-order valence-corrected chi connectivity index (χ1v) is 5.54. The van der Waals surface area contributed by atoms with Crippen molar-refractivity contribution in [1.82, 2.24) is 9.97 Å². The molecule has 0 saturated carbocycles. The number of H-pyrrole nitrogens is 1. The van der Waals surface area contributed by atoms with Crippen molar-refractivity contribution < 1.29 is 9.53 Å². The molecule has 0 aromatic carbocycles. The van der Waals surface area contributed by atoms with Crippen LogP contribution in [0.4, 0.5) is 5.95 Å². The fourth-order valence-corrected chi connectivity index (χ4v) is 1.24. The zero-order chi connectivity index (χ0) is 13.5. The van der Waals surface area contributed by atoms with Crippen molar-refractivity contribution in [1.29, 1.82) is 0 Å². The van der Waals surface area contributed by atoms with Crippen LogP contribution in [0.1, 0.15) is 26.0 Å². The molecule has 1 aromatic heterocycles. The number of ether oxygens (including phenoxy) is 1. The first-order chi connectivity index (χ1) is 8.51. The van der Waals surface area contributed by atoms with E-state index in [-0.39, 0.29) is 23.9 Å². The Morgan fingerprint density at radius 3 is 2.94 bits per heavy atom. The van der Waals surface area contributed by atoms with Gasteiger partial charge >= 0.3 is 5.97 Å². The highest BCUT2D eigenvalue weighted by molar-refractivity contribution is 5.97. The monoisotopic (exact) mass is 252 g/mol. The van der Waals surface area contributed by atoms with E-state index in [9.17, 15) is 9.59 Å². The molecule has 0 aliphatic rings. The van der Waals surface area contributed by atoms with Gasteiger partial charge in [0.15, 0.2) is 0 Å². The fraction of sp³-hybridized carbons (Fsp3) is 0.455. The Bertz CT molecular complexity index is 507. The van der Waals surface area contributed by atoms with E-state index in [0.29, 0.717) is 18.0 Å². The van der Waals surface area contributed by atoms with Gasteiger partial charge in [-0.15, -0.1) is 0 Å². The van der Waals surface area contributed by atoms with Gasteiger partial charge in [-0.25, -0.2) is 10.4 Å². The lowest BCUT2D eigenvalue weighted by Gasteiger charge is -2.03. The lowest BCUT2D eigenvalue weighted by molar-refractivity contribution is -0.141. The van der Waals surface area contributed by atoms with E-state index >= 15 is 0 Å². The van der Waals surface area contributed by atoms with Gasteiger partial charge in [-0.2, -0.15) is 5.10 Å². The molecule has 0 unspecified atom stereocenters. The third-order valence-corrected chi connectivity index (χ3v) is 1.93. The molecular weight excluding hydrogens is 236 g/mol. The smallest absolute Gasteiger partial charge is 0.311 e. The summed E-state index contributed by atoms with van der Waals surface area (Å²) in [6.45, 7) is 5.46. The summed E-state index contributed by atoms with van der Waals surface area (Å²) in [5, 5.41) is 3.93.